The predicted molar refractivity (Wildman–Crippen MR) is 343 cm³/mol. The van der Waals surface area contributed by atoms with Crippen molar-refractivity contribution in [3.05, 3.63) is 261 Å². The number of fused-ring (bicyclic) bond motifs is 15. The molecule has 7 nitrogen and oxygen atoms in total. The Morgan fingerprint density at radius 2 is 0.831 bits per heavy atom. The van der Waals surface area contributed by atoms with Gasteiger partial charge >= 0.3 is 0 Å². The minimum Gasteiger partial charge on any atom is -0.456 e. The van der Waals surface area contributed by atoms with E-state index in [1.165, 1.54) is 63.9 Å². The first kappa shape index (κ1) is 45.9. The van der Waals surface area contributed by atoms with Gasteiger partial charge in [-0.15, -0.1) is 11.3 Å². The molecular weight excluding hydrogens is 1030 g/mol. The topological polar surface area (TPSA) is 74.8 Å². The van der Waals surface area contributed by atoms with Crippen molar-refractivity contribution in [2.75, 3.05) is 0 Å². The minimum absolute atomic E-state index is 0.544. The van der Waals surface area contributed by atoms with Crippen molar-refractivity contribution in [3.63, 3.8) is 0 Å². The molecule has 12 aromatic carbocycles. The normalized spacial score (nSPS) is 12.1. The summed E-state index contributed by atoms with van der Waals surface area (Å²) in [6.07, 6.45) is 0. The zero-order valence-electron chi connectivity index (χ0n) is 44.3. The van der Waals surface area contributed by atoms with Gasteiger partial charge in [-0.1, -0.05) is 152 Å². The lowest BCUT2D eigenvalue weighted by atomic mass is 9.96. The van der Waals surface area contributed by atoms with Gasteiger partial charge in [0.2, 0.25) is 0 Å². The number of thiophene rings is 1. The van der Waals surface area contributed by atoms with Gasteiger partial charge in [-0.25, -0.2) is 15.0 Å². The summed E-state index contributed by atoms with van der Waals surface area (Å²) in [4.78, 5) is 15.7. The number of benzene rings is 12. The average Bonchev–Trinajstić information content (AvgIpc) is 3.80. The lowest BCUT2D eigenvalue weighted by Gasteiger charge is -2.10. The van der Waals surface area contributed by atoms with E-state index in [9.17, 15) is 0 Å². The second-order valence-electron chi connectivity index (χ2n) is 21.4. The summed E-state index contributed by atoms with van der Waals surface area (Å²) in [5.41, 5.74) is 17.3. The first-order chi connectivity index (χ1) is 41.1. The fourth-order valence-electron chi connectivity index (χ4n) is 13.0. The molecule has 0 radical (unpaired) electrons. The summed E-state index contributed by atoms with van der Waals surface area (Å²) in [6.45, 7) is 0. The van der Waals surface area contributed by atoms with Gasteiger partial charge in [0.1, 0.15) is 22.3 Å². The van der Waals surface area contributed by atoms with Gasteiger partial charge in [0.15, 0.2) is 17.5 Å². The Bertz CT molecular complexity index is 5660. The number of hydrogen-bond donors (Lipinski definition) is 0. The van der Waals surface area contributed by atoms with Crippen LogP contribution in [-0.4, -0.2) is 24.1 Å². The highest BCUT2D eigenvalue weighted by Gasteiger charge is 2.22. The van der Waals surface area contributed by atoms with Gasteiger partial charge in [-0.3, -0.25) is 0 Å². The molecule has 0 N–H and O–H groups in total. The maximum Gasteiger partial charge on any atom is 0.164 e. The van der Waals surface area contributed by atoms with E-state index in [-0.39, 0.29) is 0 Å². The molecule has 8 heteroatoms. The number of furan rings is 2. The van der Waals surface area contributed by atoms with Crippen molar-refractivity contribution in [1.82, 2.24) is 24.1 Å². The maximum absolute atomic E-state index is 6.67. The average molecular weight is 1080 g/mol. The third kappa shape index (κ3) is 7.06. The van der Waals surface area contributed by atoms with E-state index >= 15 is 0 Å². The summed E-state index contributed by atoms with van der Waals surface area (Å²) in [7, 11) is 0. The zero-order valence-corrected chi connectivity index (χ0v) is 45.1. The van der Waals surface area contributed by atoms with Crippen LogP contribution in [0.4, 0.5) is 0 Å². The van der Waals surface area contributed by atoms with Crippen molar-refractivity contribution >= 4 is 119 Å². The highest BCUT2D eigenvalue weighted by Crippen LogP contribution is 2.45. The van der Waals surface area contributed by atoms with Crippen LogP contribution < -0.4 is 0 Å². The minimum atomic E-state index is 0.544. The number of para-hydroxylation sites is 4. The Hall–Kier alpha value is -10.9. The molecule has 18 rings (SSSR count). The lowest BCUT2D eigenvalue weighted by Crippen LogP contribution is -2.00. The SMILES string of the molecule is c1ccc(-c2nc(-c3ccc4c(c3)oc3ccc(-n5c6ccccc6c6ccccc65)cc34)nc(-c3cccc4oc5ccc(-c6ccc7sc8cccc(-c9ccc%10c(c9)c9ccccc9n%10-c9ccccc9)c8c7c6)cc5c34)n2)cc1. The first-order valence-electron chi connectivity index (χ1n) is 27.9. The molecule has 0 saturated heterocycles. The molecule has 0 amide bonds. The summed E-state index contributed by atoms with van der Waals surface area (Å²) < 4.78 is 20.5. The largest absolute Gasteiger partial charge is 0.456 e. The molecule has 6 heterocycles. The van der Waals surface area contributed by atoms with E-state index < -0.39 is 0 Å². The van der Waals surface area contributed by atoms with Gasteiger partial charge in [-0.05, 0) is 131 Å². The second-order valence-corrected chi connectivity index (χ2v) is 22.5. The van der Waals surface area contributed by atoms with Crippen LogP contribution in [0.1, 0.15) is 0 Å². The van der Waals surface area contributed by atoms with E-state index in [2.05, 4.69) is 228 Å². The fourth-order valence-corrected chi connectivity index (χ4v) is 14.1. The van der Waals surface area contributed by atoms with E-state index in [4.69, 9.17) is 23.8 Å². The molecule has 0 bridgehead atoms. The Kier molecular flexibility index (Phi) is 9.83. The number of nitrogens with zero attached hydrogens (tertiary/aromatic N) is 5. The molecule has 0 aliphatic carbocycles. The molecule has 0 unspecified atom stereocenters. The van der Waals surface area contributed by atoms with E-state index in [1.807, 2.05) is 53.8 Å². The van der Waals surface area contributed by atoms with Crippen LogP contribution >= 0.6 is 11.3 Å². The standard InChI is InChI=1S/C75H43N5O2S/c1-3-15-44(16-4-1)73-76-74(48-29-34-55-58-43-50(33-37-65(58)82-68(55)42-48)80-61-24-10-7-19-52(61)53-20-8-11-25-62(53)80)78-75(77-73)56-23-13-27-67-71(56)59-39-45(31-36-66(59)81-67)46-32-38-69-60(40-46)72-51(22-14-28-70(72)83-69)47-30-35-64-57(41-47)54-21-9-12-26-63(54)79(64)49-17-5-2-6-18-49/h1-43H. The Labute approximate surface area is 477 Å². The van der Waals surface area contributed by atoms with Gasteiger partial charge in [0, 0.05) is 91.3 Å². The molecule has 0 atom stereocenters. The van der Waals surface area contributed by atoms with Crippen LogP contribution in [0.15, 0.2) is 270 Å². The predicted octanol–water partition coefficient (Wildman–Crippen LogP) is 20.6. The molecule has 386 valence electrons. The van der Waals surface area contributed by atoms with Crippen molar-refractivity contribution in [1.29, 1.82) is 0 Å². The number of aromatic nitrogens is 5. The summed E-state index contributed by atoms with van der Waals surface area (Å²) >= 11 is 1.84. The molecule has 0 spiro atoms. The molecule has 0 aliphatic rings. The van der Waals surface area contributed by atoms with Gasteiger partial charge < -0.3 is 18.0 Å². The first-order valence-corrected chi connectivity index (χ1v) is 28.7. The van der Waals surface area contributed by atoms with Gasteiger partial charge in [0.05, 0.1) is 22.1 Å². The van der Waals surface area contributed by atoms with Crippen LogP contribution in [0, 0.1) is 0 Å². The van der Waals surface area contributed by atoms with Crippen molar-refractivity contribution < 1.29 is 8.83 Å². The molecule has 83 heavy (non-hydrogen) atoms. The van der Waals surface area contributed by atoms with Crippen molar-refractivity contribution in [2.24, 2.45) is 0 Å². The summed E-state index contributed by atoms with van der Waals surface area (Å²) in [5.74, 6) is 1.67. The van der Waals surface area contributed by atoms with Crippen molar-refractivity contribution in [3.8, 4) is 67.8 Å². The van der Waals surface area contributed by atoms with Crippen molar-refractivity contribution in [2.45, 2.75) is 0 Å². The van der Waals surface area contributed by atoms with Crippen LogP contribution in [0.3, 0.4) is 0 Å². The summed E-state index contributed by atoms with van der Waals surface area (Å²) in [6, 6.07) is 92.7. The van der Waals surface area contributed by atoms with Crippen LogP contribution in [0.25, 0.3) is 175 Å². The molecular formula is C75H43N5O2S. The highest BCUT2D eigenvalue weighted by atomic mass is 32.1. The molecule has 6 aromatic heterocycles. The second kappa shape index (κ2) is 17.8. The van der Waals surface area contributed by atoms with Gasteiger partial charge in [0.25, 0.3) is 0 Å². The Morgan fingerprint density at radius 1 is 0.265 bits per heavy atom. The summed E-state index contributed by atoms with van der Waals surface area (Å²) in [5, 5.41) is 11.4. The number of rotatable bonds is 7. The molecule has 0 saturated carbocycles. The smallest absolute Gasteiger partial charge is 0.164 e. The molecule has 0 fully saturated rings. The van der Waals surface area contributed by atoms with E-state index in [0.29, 0.717) is 17.5 Å². The lowest BCUT2D eigenvalue weighted by molar-refractivity contribution is 0.668. The molecule has 0 aliphatic heterocycles. The highest BCUT2D eigenvalue weighted by molar-refractivity contribution is 7.26. The van der Waals surface area contributed by atoms with Crippen LogP contribution in [0.5, 0.6) is 0 Å². The fraction of sp³-hybridized carbons (Fsp3) is 0. The third-order valence-corrected chi connectivity index (χ3v) is 17.9. The molecule has 18 aromatic rings. The van der Waals surface area contributed by atoms with E-state index in [1.54, 1.807) is 0 Å². The Morgan fingerprint density at radius 3 is 1.61 bits per heavy atom. The zero-order chi connectivity index (χ0) is 54.3. The third-order valence-electron chi connectivity index (χ3n) is 16.8. The van der Waals surface area contributed by atoms with Crippen LogP contribution in [-0.2, 0) is 0 Å². The Balaban J connectivity index is 0.749. The quantitative estimate of drug-likeness (QED) is 0.159. The van der Waals surface area contributed by atoms with Crippen LogP contribution in [0.2, 0.25) is 0 Å². The number of hydrogen-bond acceptors (Lipinski definition) is 6. The maximum atomic E-state index is 6.67. The van der Waals surface area contributed by atoms with Gasteiger partial charge in [-0.2, -0.15) is 0 Å². The monoisotopic (exact) mass is 1080 g/mol. The van der Waals surface area contributed by atoms with E-state index in [0.717, 1.165) is 94.1 Å².